The third-order valence-electron chi connectivity index (χ3n) is 5.20. The van der Waals surface area contributed by atoms with Crippen molar-refractivity contribution >= 4 is 23.1 Å². The van der Waals surface area contributed by atoms with Crippen LogP contribution in [0.25, 0.3) is 16.6 Å². The third kappa shape index (κ3) is 4.11. The number of piperazine rings is 1. The Labute approximate surface area is 178 Å². The Morgan fingerprint density at radius 3 is 2.61 bits per heavy atom. The molecule has 4 rings (SSSR count). The Kier molecular flexibility index (Phi) is 5.41. The Morgan fingerprint density at radius 2 is 2.00 bits per heavy atom. The molecule has 10 heteroatoms. The molecule has 2 amide bonds. The summed E-state index contributed by atoms with van der Waals surface area (Å²) in [5.74, 6) is 0.715. The first-order valence-corrected chi connectivity index (χ1v) is 9.75. The molecule has 0 aromatic carbocycles. The molecule has 0 radical (unpaired) electrons. The van der Waals surface area contributed by atoms with E-state index in [4.69, 9.17) is 10.5 Å². The molecule has 3 aromatic heterocycles. The van der Waals surface area contributed by atoms with Crippen molar-refractivity contribution in [2.24, 2.45) is 5.73 Å². The van der Waals surface area contributed by atoms with Gasteiger partial charge in [0.2, 0.25) is 5.91 Å². The predicted molar refractivity (Wildman–Crippen MR) is 112 cm³/mol. The standard InChI is InChI=1S/C21H21N7O3/c1-14(29)26-4-6-27(7-5-26)20-3-2-15(10-24-20)18-8-17(31-13-19(23)30)12-28-21(18)16(9-22)11-25-28/h2-3,8,10-12H,4-7,13H2,1H3,(H2,23,30). The topological polar surface area (TPSA) is 130 Å². The van der Waals surface area contributed by atoms with Crippen LogP contribution in [-0.2, 0) is 9.59 Å². The summed E-state index contributed by atoms with van der Waals surface area (Å²) in [6, 6.07) is 7.72. The summed E-state index contributed by atoms with van der Waals surface area (Å²) in [5.41, 5.74) is 7.70. The molecular weight excluding hydrogens is 398 g/mol. The smallest absolute Gasteiger partial charge is 0.255 e. The Bertz CT molecular complexity index is 1170. The number of aromatic nitrogens is 3. The Balaban J connectivity index is 1.64. The van der Waals surface area contributed by atoms with E-state index in [-0.39, 0.29) is 12.5 Å². The second-order valence-corrected chi connectivity index (χ2v) is 7.21. The van der Waals surface area contributed by atoms with Crippen molar-refractivity contribution in [2.45, 2.75) is 6.92 Å². The first-order chi connectivity index (χ1) is 15.0. The molecule has 0 spiro atoms. The van der Waals surface area contributed by atoms with Gasteiger partial charge in [0.15, 0.2) is 6.61 Å². The summed E-state index contributed by atoms with van der Waals surface area (Å²) in [5, 5.41) is 13.7. The largest absolute Gasteiger partial charge is 0.482 e. The highest BCUT2D eigenvalue weighted by Gasteiger charge is 2.20. The van der Waals surface area contributed by atoms with Gasteiger partial charge in [0.1, 0.15) is 17.6 Å². The van der Waals surface area contributed by atoms with E-state index in [1.807, 2.05) is 17.0 Å². The zero-order valence-corrected chi connectivity index (χ0v) is 17.0. The zero-order valence-electron chi connectivity index (χ0n) is 17.0. The molecule has 1 saturated heterocycles. The van der Waals surface area contributed by atoms with Crippen LogP contribution in [-0.4, -0.2) is 64.1 Å². The fourth-order valence-corrected chi connectivity index (χ4v) is 3.62. The quantitative estimate of drug-likeness (QED) is 0.647. The van der Waals surface area contributed by atoms with Crippen LogP contribution in [0, 0.1) is 11.3 Å². The minimum absolute atomic E-state index is 0.0829. The highest BCUT2D eigenvalue weighted by atomic mass is 16.5. The van der Waals surface area contributed by atoms with Gasteiger partial charge < -0.3 is 20.3 Å². The number of rotatable bonds is 5. The van der Waals surface area contributed by atoms with Crippen molar-refractivity contribution in [1.82, 2.24) is 19.5 Å². The summed E-state index contributed by atoms with van der Waals surface area (Å²) < 4.78 is 6.99. The van der Waals surface area contributed by atoms with E-state index in [9.17, 15) is 14.9 Å². The summed E-state index contributed by atoms with van der Waals surface area (Å²) >= 11 is 0. The van der Waals surface area contributed by atoms with Gasteiger partial charge in [0.25, 0.3) is 5.91 Å². The molecule has 4 heterocycles. The summed E-state index contributed by atoms with van der Waals surface area (Å²) in [6.45, 7) is 4.08. The monoisotopic (exact) mass is 419 g/mol. The van der Waals surface area contributed by atoms with Gasteiger partial charge in [0.05, 0.1) is 23.5 Å². The molecular formula is C21H21N7O3. The van der Waals surface area contributed by atoms with Gasteiger partial charge in [0, 0.05) is 50.4 Å². The maximum absolute atomic E-state index is 11.5. The second kappa shape index (κ2) is 8.31. The second-order valence-electron chi connectivity index (χ2n) is 7.21. The van der Waals surface area contributed by atoms with Crippen LogP contribution in [0.1, 0.15) is 12.5 Å². The fraction of sp³-hybridized carbons (Fsp3) is 0.286. The van der Waals surface area contributed by atoms with Crippen molar-refractivity contribution in [2.75, 3.05) is 37.7 Å². The van der Waals surface area contributed by atoms with Gasteiger partial charge in [-0.05, 0) is 18.2 Å². The fourth-order valence-electron chi connectivity index (χ4n) is 3.62. The number of hydrogen-bond donors (Lipinski definition) is 1. The lowest BCUT2D eigenvalue weighted by Crippen LogP contribution is -2.48. The lowest BCUT2D eigenvalue weighted by atomic mass is 10.1. The number of pyridine rings is 2. The maximum Gasteiger partial charge on any atom is 0.255 e. The third-order valence-corrected chi connectivity index (χ3v) is 5.20. The van der Waals surface area contributed by atoms with Gasteiger partial charge >= 0.3 is 0 Å². The average Bonchev–Trinajstić information content (AvgIpc) is 3.20. The summed E-state index contributed by atoms with van der Waals surface area (Å²) in [4.78, 5) is 31.1. The molecule has 1 aliphatic heterocycles. The van der Waals surface area contributed by atoms with Gasteiger partial charge in [-0.2, -0.15) is 10.4 Å². The van der Waals surface area contributed by atoms with E-state index in [0.29, 0.717) is 48.6 Å². The molecule has 3 aromatic rings. The van der Waals surface area contributed by atoms with Crippen molar-refractivity contribution < 1.29 is 14.3 Å². The van der Waals surface area contributed by atoms with E-state index in [2.05, 4.69) is 21.1 Å². The Morgan fingerprint density at radius 1 is 1.23 bits per heavy atom. The summed E-state index contributed by atoms with van der Waals surface area (Å²) in [6.07, 6.45) is 4.81. The zero-order chi connectivity index (χ0) is 22.0. The number of ether oxygens (including phenoxy) is 1. The molecule has 2 N–H and O–H groups in total. The number of hydrogen-bond acceptors (Lipinski definition) is 7. The van der Waals surface area contributed by atoms with E-state index >= 15 is 0 Å². The molecule has 1 aliphatic rings. The van der Waals surface area contributed by atoms with Gasteiger partial charge in [-0.1, -0.05) is 0 Å². The van der Waals surface area contributed by atoms with Crippen LogP contribution in [0.5, 0.6) is 5.75 Å². The molecule has 0 bridgehead atoms. The van der Waals surface area contributed by atoms with Crippen molar-refractivity contribution in [3.05, 3.63) is 42.4 Å². The van der Waals surface area contributed by atoms with Crippen LogP contribution in [0.4, 0.5) is 5.82 Å². The van der Waals surface area contributed by atoms with E-state index in [1.165, 1.54) is 6.20 Å². The number of nitrogens with two attached hydrogens (primary N) is 1. The normalized spacial score (nSPS) is 13.8. The molecule has 10 nitrogen and oxygen atoms in total. The first-order valence-electron chi connectivity index (χ1n) is 9.75. The first kappa shape index (κ1) is 20.2. The van der Waals surface area contributed by atoms with Crippen molar-refractivity contribution in [3.8, 4) is 22.9 Å². The average molecular weight is 419 g/mol. The minimum Gasteiger partial charge on any atom is -0.482 e. The highest BCUT2D eigenvalue weighted by Crippen LogP contribution is 2.31. The number of carbonyl (C=O) groups is 2. The number of nitriles is 1. The highest BCUT2D eigenvalue weighted by molar-refractivity contribution is 5.85. The summed E-state index contributed by atoms with van der Waals surface area (Å²) in [7, 11) is 0. The van der Waals surface area contributed by atoms with Crippen LogP contribution < -0.4 is 15.4 Å². The number of carbonyl (C=O) groups excluding carboxylic acids is 2. The van der Waals surface area contributed by atoms with Crippen molar-refractivity contribution in [3.63, 3.8) is 0 Å². The molecule has 0 unspecified atom stereocenters. The van der Waals surface area contributed by atoms with E-state index < -0.39 is 5.91 Å². The van der Waals surface area contributed by atoms with Crippen LogP contribution in [0.2, 0.25) is 0 Å². The van der Waals surface area contributed by atoms with Crippen LogP contribution in [0.15, 0.2) is 36.8 Å². The predicted octanol–water partition coefficient (Wildman–Crippen LogP) is 0.801. The maximum atomic E-state index is 11.5. The molecule has 158 valence electrons. The van der Waals surface area contributed by atoms with Gasteiger partial charge in [-0.15, -0.1) is 0 Å². The number of anilines is 1. The molecule has 0 aliphatic carbocycles. The number of amides is 2. The van der Waals surface area contributed by atoms with Crippen LogP contribution >= 0.6 is 0 Å². The van der Waals surface area contributed by atoms with E-state index in [0.717, 1.165) is 11.4 Å². The van der Waals surface area contributed by atoms with Gasteiger partial charge in [-0.25, -0.2) is 9.50 Å². The van der Waals surface area contributed by atoms with Crippen molar-refractivity contribution in [1.29, 1.82) is 5.26 Å². The van der Waals surface area contributed by atoms with E-state index in [1.54, 1.807) is 29.9 Å². The number of fused-ring (bicyclic) bond motifs is 1. The molecule has 0 saturated carbocycles. The lowest BCUT2D eigenvalue weighted by molar-refractivity contribution is -0.129. The number of nitrogens with zero attached hydrogens (tertiary/aromatic N) is 6. The van der Waals surface area contributed by atoms with Gasteiger partial charge in [-0.3, -0.25) is 9.59 Å². The Hall–Kier alpha value is -4.13. The van der Waals surface area contributed by atoms with Crippen LogP contribution in [0.3, 0.4) is 0 Å². The number of primary amides is 1. The molecule has 0 atom stereocenters. The lowest BCUT2D eigenvalue weighted by Gasteiger charge is -2.34. The molecule has 31 heavy (non-hydrogen) atoms. The minimum atomic E-state index is -0.587. The SMILES string of the molecule is CC(=O)N1CCN(c2ccc(-c3cc(OCC(N)=O)cn4ncc(C#N)c34)cn2)CC1. The molecule has 1 fully saturated rings.